The van der Waals surface area contributed by atoms with E-state index in [0.717, 1.165) is 52.2 Å². The van der Waals surface area contributed by atoms with E-state index in [1.54, 1.807) is 121 Å². The van der Waals surface area contributed by atoms with E-state index in [2.05, 4.69) is 42.1 Å². The standard InChI is InChI=1S/C28H29ClN2O5.C27H30ClN3O7.C22H16N4O2S.C17H17NO3/c1-5-25(36-26-13-6-17(2)14-18(26)3)28(34)30-20-9-12-22(29)23(15-20)31-27(33)16-24(32)19-7-10-21(35-4)11-8-19;1-7-20(37-21-11-8-14(2)12-15(21)3)23(33)29-17-9-10-18(28)19(13-17)30-24(34)22(16(4)32)31-25(35)27(5,6)38-26(31)36;27-19(16-10-4-1-5-11-16)21(20(28)17-12-6-2-7-13-17)29-22-23-24-25-26(22)18-14-8-3-9-15-18;1-12-8-9-16(21-2)14(10-12)18-17(20)11-15(19)13-6-4-3-5-7-13/h6-15,25H,5,16H2,1-4H3,(H,30,34)(H,31,33);8-13,20,22H,7H2,1-6H3,(H,29,33)(H,30,34);1-15,21H;3-10H,11H2,1-2H3,(H,18,20). The molecule has 5 N–H and O–H groups in total. The zero-order valence-corrected chi connectivity index (χ0v) is 72.3. The second kappa shape index (κ2) is 44.5. The highest BCUT2D eigenvalue weighted by atomic mass is 35.5. The summed E-state index contributed by atoms with van der Waals surface area (Å²) in [4.78, 5) is 152. The average molecular weight is 1740 g/mol. The van der Waals surface area contributed by atoms with Crippen LogP contribution in [0.25, 0.3) is 5.69 Å². The predicted molar refractivity (Wildman–Crippen MR) is 475 cm³/mol. The quantitative estimate of drug-likeness (QED) is 0.0153. The molecule has 124 heavy (non-hydrogen) atoms. The lowest BCUT2D eigenvalue weighted by Crippen LogP contribution is -2.52. The highest BCUT2D eigenvalue weighted by molar-refractivity contribution is 8.01. The van der Waals surface area contributed by atoms with Crippen LogP contribution in [0.4, 0.5) is 33.2 Å². The van der Waals surface area contributed by atoms with Crippen molar-refractivity contribution in [3.63, 3.8) is 0 Å². The van der Waals surface area contributed by atoms with Gasteiger partial charge in [0.25, 0.3) is 23.6 Å². The Hall–Kier alpha value is -14.0. The van der Waals surface area contributed by atoms with Gasteiger partial charge in [-0.25, -0.2) is 9.69 Å². The van der Waals surface area contributed by atoms with Crippen molar-refractivity contribution < 1.29 is 81.2 Å². The molecule has 12 rings (SSSR count). The topological polar surface area (TPSA) is 358 Å². The predicted octanol–water partition coefficient (Wildman–Crippen LogP) is 17.5. The van der Waals surface area contributed by atoms with E-state index < -0.39 is 64.6 Å². The van der Waals surface area contributed by atoms with Gasteiger partial charge in [0.1, 0.15) is 28.2 Å². The number of hydrogen-bond donors (Lipinski definition) is 5. The van der Waals surface area contributed by atoms with Crippen molar-refractivity contribution in [3.8, 4) is 28.7 Å². The first-order chi connectivity index (χ1) is 59.3. The Kier molecular flexibility index (Phi) is 33.7. The summed E-state index contributed by atoms with van der Waals surface area (Å²) < 4.78 is 28.7. The number of halogens is 2. The van der Waals surface area contributed by atoms with Gasteiger partial charge in [-0.2, -0.15) is 4.68 Å². The number of carbonyl (C=O) groups is 12. The monoisotopic (exact) mass is 1730 g/mol. The Morgan fingerprint density at radius 2 is 0.903 bits per heavy atom. The minimum Gasteiger partial charge on any atom is -0.497 e. The fourth-order valence-electron chi connectivity index (χ4n) is 12.3. The Labute approximate surface area is 731 Å². The van der Waals surface area contributed by atoms with E-state index in [9.17, 15) is 57.5 Å². The summed E-state index contributed by atoms with van der Waals surface area (Å²) in [6.07, 6.45) is -2.29. The summed E-state index contributed by atoms with van der Waals surface area (Å²) in [5, 5.41) is 24.9. The number of aromatic nitrogens is 4. The van der Waals surface area contributed by atoms with Crippen LogP contribution >= 0.6 is 35.0 Å². The number of amides is 7. The molecule has 3 unspecified atom stereocenters. The molecule has 1 fully saturated rings. The molecule has 7 amide bonds. The first kappa shape index (κ1) is 93.9. The molecule has 0 radical (unpaired) electrons. The van der Waals surface area contributed by atoms with Crippen LogP contribution in [0.3, 0.4) is 0 Å². The molecule has 0 saturated carbocycles. The summed E-state index contributed by atoms with van der Waals surface area (Å²) in [6.45, 7) is 17.2. The number of aryl methyl sites for hydroxylation is 5. The molecule has 27 nitrogen and oxygen atoms in total. The van der Waals surface area contributed by atoms with E-state index in [1.807, 2.05) is 146 Å². The number of hydrogen-bond acceptors (Lipinski definition) is 21. The SMILES string of the molecule is CCC(Oc1ccc(C)cc1C)C(=O)Nc1ccc(Cl)c(NC(=O)C(C(C)=O)N2C(=O)OC(C)(C)C2=O)c1.CCC(Oc1ccc(C)cc1C)C(=O)Nc1ccc(Cl)c(NC(=O)CC(=O)c2ccc(OC)cc2)c1.COc1ccc(C)cc1NC(=O)CC(=O)c1ccccc1.O=C(c1ccccc1)C(Sc1nnnn1-c1ccccc1)C(=O)c1ccccc1. The third kappa shape index (κ3) is 26.0. The first-order valence-electron chi connectivity index (χ1n) is 39.0. The number of carbonyl (C=O) groups excluding carboxylic acids is 12. The van der Waals surface area contributed by atoms with Crippen LogP contribution in [0.5, 0.6) is 23.0 Å². The molecule has 11 aromatic rings. The second-order valence-corrected chi connectivity index (χ2v) is 30.6. The minimum atomic E-state index is -1.76. The summed E-state index contributed by atoms with van der Waals surface area (Å²) in [5.41, 5.74) is 7.77. The smallest absolute Gasteiger partial charge is 0.418 e. The highest BCUT2D eigenvalue weighted by Crippen LogP contribution is 2.34. The fourth-order valence-corrected chi connectivity index (χ4v) is 13.6. The van der Waals surface area contributed by atoms with Gasteiger partial charge in [0.2, 0.25) is 17.0 Å². The number of anilines is 5. The molecule has 1 aromatic heterocycles. The number of tetrazole rings is 1. The molecule has 1 saturated heterocycles. The summed E-state index contributed by atoms with van der Waals surface area (Å²) in [7, 11) is 3.07. The van der Waals surface area contributed by atoms with Gasteiger partial charge in [0.15, 0.2) is 52.8 Å². The fraction of sp³-hybridized carbons (Fsp3) is 0.223. The van der Waals surface area contributed by atoms with Gasteiger partial charge in [0.05, 0.1) is 59.9 Å². The average Bonchev–Trinajstić information content (AvgIpc) is 1.76. The van der Waals surface area contributed by atoms with Crippen molar-refractivity contribution in [1.82, 2.24) is 25.1 Å². The maximum absolute atomic E-state index is 13.2. The number of imide groups is 1. The zero-order chi connectivity index (χ0) is 89.9. The molecule has 0 aliphatic carbocycles. The maximum Gasteiger partial charge on any atom is 0.418 e. The first-order valence-corrected chi connectivity index (χ1v) is 40.7. The van der Waals surface area contributed by atoms with E-state index >= 15 is 0 Å². The van der Waals surface area contributed by atoms with Gasteiger partial charge >= 0.3 is 6.09 Å². The Morgan fingerprint density at radius 3 is 1.33 bits per heavy atom. The van der Waals surface area contributed by atoms with Crippen LogP contribution < -0.4 is 45.5 Å². The molecule has 30 heteroatoms. The van der Waals surface area contributed by atoms with Crippen LogP contribution in [0.15, 0.2) is 242 Å². The molecule has 0 spiro atoms. The number of benzene rings is 10. The van der Waals surface area contributed by atoms with Gasteiger partial charge < -0.3 is 50.3 Å². The van der Waals surface area contributed by atoms with E-state index in [0.29, 0.717) is 85.2 Å². The van der Waals surface area contributed by atoms with Crippen molar-refractivity contribution in [2.24, 2.45) is 0 Å². The maximum atomic E-state index is 13.2. The second-order valence-electron chi connectivity index (χ2n) is 28.8. The van der Waals surface area contributed by atoms with Gasteiger partial charge in [0, 0.05) is 33.6 Å². The Bertz CT molecular complexity index is 5660. The molecule has 3 atom stereocenters. The number of rotatable bonds is 31. The molecule has 10 aromatic carbocycles. The molecule has 1 aliphatic heterocycles. The van der Waals surface area contributed by atoms with Crippen molar-refractivity contribution in [2.75, 3.05) is 40.8 Å². The number of methoxy groups -OCH3 is 2. The third-order valence-corrected chi connectivity index (χ3v) is 20.5. The van der Waals surface area contributed by atoms with Crippen LogP contribution in [-0.4, -0.2) is 139 Å². The number of Topliss-reactive ketones (excluding diaryl/α,β-unsaturated/α-hetero) is 5. The normalized spacial score (nSPS) is 12.4. The molecule has 2 heterocycles. The lowest BCUT2D eigenvalue weighted by molar-refractivity contribution is -0.142. The summed E-state index contributed by atoms with van der Waals surface area (Å²) in [5.74, 6) is -2.85. The van der Waals surface area contributed by atoms with E-state index in [-0.39, 0.29) is 69.2 Å². The van der Waals surface area contributed by atoms with Crippen LogP contribution in [0.2, 0.25) is 10.0 Å². The van der Waals surface area contributed by atoms with Crippen molar-refractivity contribution in [1.29, 1.82) is 0 Å². The molecule has 0 bridgehead atoms. The van der Waals surface area contributed by atoms with E-state index in [4.69, 9.17) is 46.9 Å². The van der Waals surface area contributed by atoms with E-state index in [1.165, 1.54) is 50.9 Å². The number of ketones is 5. The number of ether oxygens (including phenoxy) is 5. The largest absolute Gasteiger partial charge is 0.497 e. The third-order valence-electron chi connectivity index (χ3n) is 18.7. The zero-order valence-electron chi connectivity index (χ0n) is 70.0. The Balaban J connectivity index is 0.000000191. The number of thioether (sulfide) groups is 1. The lowest BCUT2D eigenvalue weighted by Gasteiger charge is -2.22. The van der Waals surface area contributed by atoms with Crippen molar-refractivity contribution in [3.05, 3.63) is 297 Å². The van der Waals surface area contributed by atoms with Crippen LogP contribution in [0.1, 0.15) is 130 Å². The number of nitrogens with zero attached hydrogens (tertiary/aromatic N) is 5. The number of nitrogens with one attached hydrogen (secondary N) is 5. The molecule has 1 aliphatic rings. The highest BCUT2D eigenvalue weighted by Gasteiger charge is 2.53. The summed E-state index contributed by atoms with van der Waals surface area (Å²) in [6, 6.07) is 66.4. The van der Waals surface area contributed by atoms with Gasteiger partial charge in [-0.1, -0.05) is 199 Å². The van der Waals surface area contributed by atoms with Crippen LogP contribution in [-0.2, 0) is 38.3 Å². The lowest BCUT2D eigenvalue weighted by atomic mass is 10.0. The Morgan fingerprint density at radius 1 is 0.476 bits per heavy atom. The van der Waals surface area contributed by atoms with Gasteiger partial charge in [-0.15, -0.1) is 5.10 Å². The molecule has 640 valence electrons. The number of para-hydroxylation sites is 1. The van der Waals surface area contributed by atoms with Gasteiger partial charge in [-0.05, 0) is 192 Å². The number of cyclic esters (lactones) is 1. The van der Waals surface area contributed by atoms with Gasteiger partial charge in [-0.3, -0.25) is 52.7 Å². The van der Waals surface area contributed by atoms with Crippen molar-refractivity contribution >= 4 is 134 Å². The molecular weight excluding hydrogens is 1640 g/mol. The summed E-state index contributed by atoms with van der Waals surface area (Å²) >= 11 is 13.5. The van der Waals surface area contributed by atoms with Crippen LogP contribution in [0, 0.1) is 34.6 Å². The van der Waals surface area contributed by atoms with Crippen molar-refractivity contribution in [2.45, 2.75) is 129 Å². The minimum absolute atomic E-state index is 0.0586. The molecular formula is C94H92Cl2N10O17S.